The van der Waals surface area contributed by atoms with Crippen molar-refractivity contribution < 1.29 is 0 Å². The number of halogens is 1. The first kappa shape index (κ1) is 7.47. The molecule has 0 amide bonds. The second-order valence-electron chi connectivity index (χ2n) is 1.89. The van der Waals surface area contributed by atoms with Crippen LogP contribution in [-0.4, -0.2) is 10.2 Å². The van der Waals surface area contributed by atoms with Crippen molar-refractivity contribution in [1.29, 1.82) is 0 Å². The molecule has 0 spiro atoms. The molecule has 0 aliphatic carbocycles. The molecule has 0 saturated carbocycles. The van der Waals surface area contributed by atoms with Crippen LogP contribution in [0.25, 0.3) is 0 Å². The van der Waals surface area contributed by atoms with E-state index in [1.54, 1.807) is 6.07 Å². The highest BCUT2D eigenvalue weighted by atomic mass is 79.9. The molecule has 3 nitrogen and oxygen atoms in total. The zero-order valence-corrected chi connectivity index (χ0v) is 7.10. The molecule has 0 atom stereocenters. The normalized spacial score (nSPS) is 9.80. The van der Waals surface area contributed by atoms with Crippen LogP contribution in [0.15, 0.2) is 15.3 Å². The summed E-state index contributed by atoms with van der Waals surface area (Å²) in [5, 5.41) is 6.16. The van der Waals surface area contributed by atoms with E-state index in [1.807, 2.05) is 6.92 Å². The van der Waals surface area contributed by atoms with Crippen LogP contribution < -0.4 is 5.56 Å². The van der Waals surface area contributed by atoms with E-state index in [-0.39, 0.29) is 5.56 Å². The highest BCUT2D eigenvalue weighted by molar-refractivity contribution is 9.10. The average Bonchev–Trinajstić information content (AvgIpc) is 1.95. The molecular formula is C6H7BrN2O. The molecule has 54 valence electrons. The molecule has 0 fully saturated rings. The first-order valence-corrected chi connectivity index (χ1v) is 3.77. The monoisotopic (exact) mass is 202 g/mol. The molecule has 0 radical (unpaired) electrons. The molecule has 0 unspecified atom stereocenters. The van der Waals surface area contributed by atoms with Gasteiger partial charge in [-0.2, -0.15) is 5.10 Å². The molecule has 1 aromatic rings. The van der Waals surface area contributed by atoms with Crippen LogP contribution in [-0.2, 0) is 6.42 Å². The number of nitrogens with zero attached hydrogens (tertiary/aromatic N) is 1. The summed E-state index contributed by atoms with van der Waals surface area (Å²) in [5.41, 5.74) is 0.698. The van der Waals surface area contributed by atoms with Crippen molar-refractivity contribution in [1.82, 2.24) is 10.2 Å². The van der Waals surface area contributed by atoms with Crippen molar-refractivity contribution in [3.8, 4) is 0 Å². The van der Waals surface area contributed by atoms with Gasteiger partial charge in [0.05, 0.1) is 10.2 Å². The SMILES string of the molecule is CCc1cc(Br)c(=O)[nH]n1. The van der Waals surface area contributed by atoms with Gasteiger partial charge in [-0.15, -0.1) is 0 Å². The Labute approximate surface area is 66.6 Å². The summed E-state index contributed by atoms with van der Waals surface area (Å²) in [6.07, 6.45) is 0.829. The summed E-state index contributed by atoms with van der Waals surface area (Å²) < 4.78 is 0.541. The van der Waals surface area contributed by atoms with Gasteiger partial charge in [0.2, 0.25) is 0 Å². The summed E-state index contributed by atoms with van der Waals surface area (Å²) in [5.74, 6) is 0. The molecule has 0 aliphatic heterocycles. The van der Waals surface area contributed by atoms with Gasteiger partial charge in [0.1, 0.15) is 0 Å². The summed E-state index contributed by atoms with van der Waals surface area (Å²) in [6.45, 7) is 1.98. The van der Waals surface area contributed by atoms with Gasteiger partial charge in [-0.1, -0.05) is 6.92 Å². The van der Waals surface area contributed by atoms with Crippen molar-refractivity contribution in [2.75, 3.05) is 0 Å². The van der Waals surface area contributed by atoms with E-state index in [0.717, 1.165) is 12.1 Å². The van der Waals surface area contributed by atoms with Gasteiger partial charge in [0, 0.05) is 0 Å². The predicted molar refractivity (Wildman–Crippen MR) is 41.9 cm³/mol. The Morgan fingerprint density at radius 1 is 1.80 bits per heavy atom. The van der Waals surface area contributed by atoms with E-state index in [9.17, 15) is 4.79 Å². The van der Waals surface area contributed by atoms with Gasteiger partial charge >= 0.3 is 0 Å². The van der Waals surface area contributed by atoms with Gasteiger partial charge in [0.25, 0.3) is 5.56 Å². The van der Waals surface area contributed by atoms with Crippen LogP contribution >= 0.6 is 15.9 Å². The highest BCUT2D eigenvalue weighted by Gasteiger charge is 1.95. The molecule has 1 heterocycles. The maximum absolute atomic E-state index is 10.7. The van der Waals surface area contributed by atoms with E-state index in [4.69, 9.17) is 0 Å². The summed E-state index contributed by atoms with van der Waals surface area (Å²) in [6, 6.07) is 1.72. The minimum absolute atomic E-state index is 0.183. The van der Waals surface area contributed by atoms with E-state index in [1.165, 1.54) is 0 Å². The molecule has 0 bridgehead atoms. The fraction of sp³-hybridized carbons (Fsp3) is 0.333. The second-order valence-corrected chi connectivity index (χ2v) is 2.74. The first-order chi connectivity index (χ1) is 4.74. The average molecular weight is 203 g/mol. The molecule has 10 heavy (non-hydrogen) atoms. The zero-order chi connectivity index (χ0) is 7.56. The van der Waals surface area contributed by atoms with Crippen LogP contribution in [0.2, 0.25) is 0 Å². The van der Waals surface area contributed by atoms with Gasteiger partial charge in [-0.3, -0.25) is 4.79 Å². The number of aromatic nitrogens is 2. The van der Waals surface area contributed by atoms with Crippen LogP contribution in [0, 0.1) is 0 Å². The Morgan fingerprint density at radius 3 is 3.00 bits per heavy atom. The smallest absolute Gasteiger partial charge is 0.267 e. The van der Waals surface area contributed by atoms with Crippen LogP contribution in [0.1, 0.15) is 12.6 Å². The lowest BCUT2D eigenvalue weighted by Gasteiger charge is -1.92. The molecule has 1 rings (SSSR count). The standard InChI is InChI=1S/C6H7BrN2O/c1-2-4-3-5(7)6(10)9-8-4/h3H,2H2,1H3,(H,9,10). The Morgan fingerprint density at radius 2 is 2.50 bits per heavy atom. The lowest BCUT2D eigenvalue weighted by Crippen LogP contribution is -2.09. The lowest BCUT2D eigenvalue weighted by molar-refractivity contribution is 0.889. The van der Waals surface area contributed by atoms with Crippen LogP contribution in [0.3, 0.4) is 0 Å². The highest BCUT2D eigenvalue weighted by Crippen LogP contribution is 2.02. The number of rotatable bonds is 1. The molecule has 0 aliphatic rings. The quantitative estimate of drug-likeness (QED) is 0.742. The Kier molecular flexibility index (Phi) is 2.21. The van der Waals surface area contributed by atoms with E-state index in [2.05, 4.69) is 26.1 Å². The molecule has 0 aromatic carbocycles. The van der Waals surface area contributed by atoms with Gasteiger partial charge in [0.15, 0.2) is 0 Å². The molecule has 0 saturated heterocycles. The fourth-order valence-electron chi connectivity index (χ4n) is 0.601. The number of aryl methyl sites for hydroxylation is 1. The van der Waals surface area contributed by atoms with E-state index >= 15 is 0 Å². The largest absolute Gasteiger partial charge is 0.278 e. The maximum Gasteiger partial charge on any atom is 0.278 e. The van der Waals surface area contributed by atoms with E-state index < -0.39 is 0 Å². The molecule has 1 N–H and O–H groups in total. The summed E-state index contributed by atoms with van der Waals surface area (Å²) >= 11 is 3.10. The van der Waals surface area contributed by atoms with E-state index in [0.29, 0.717) is 4.47 Å². The van der Waals surface area contributed by atoms with Crippen molar-refractivity contribution in [2.24, 2.45) is 0 Å². The lowest BCUT2D eigenvalue weighted by atomic mass is 10.3. The molecule has 1 aromatic heterocycles. The minimum Gasteiger partial charge on any atom is -0.267 e. The van der Waals surface area contributed by atoms with Crippen molar-refractivity contribution in [3.63, 3.8) is 0 Å². The third-order valence-corrected chi connectivity index (χ3v) is 1.76. The number of hydrogen-bond donors (Lipinski definition) is 1. The molecular weight excluding hydrogens is 196 g/mol. The van der Waals surface area contributed by atoms with Crippen molar-refractivity contribution >= 4 is 15.9 Å². The van der Waals surface area contributed by atoms with Crippen molar-refractivity contribution in [3.05, 3.63) is 26.6 Å². The Balaban J connectivity index is 3.17. The zero-order valence-electron chi connectivity index (χ0n) is 5.52. The van der Waals surface area contributed by atoms with Crippen LogP contribution in [0.4, 0.5) is 0 Å². The topological polar surface area (TPSA) is 45.8 Å². The number of nitrogens with one attached hydrogen (secondary N) is 1. The van der Waals surface area contributed by atoms with Gasteiger partial charge in [-0.05, 0) is 28.4 Å². The Bertz CT molecular complexity index is 281. The predicted octanol–water partition coefficient (Wildman–Crippen LogP) is 1.09. The fourth-order valence-corrected chi connectivity index (χ4v) is 0.954. The first-order valence-electron chi connectivity index (χ1n) is 2.98. The number of aromatic amines is 1. The van der Waals surface area contributed by atoms with Crippen LogP contribution in [0.5, 0.6) is 0 Å². The molecule has 4 heteroatoms. The third-order valence-electron chi connectivity index (χ3n) is 1.17. The Hall–Kier alpha value is -0.640. The van der Waals surface area contributed by atoms with Crippen molar-refractivity contribution in [2.45, 2.75) is 13.3 Å². The number of H-pyrrole nitrogens is 1. The minimum atomic E-state index is -0.183. The summed E-state index contributed by atoms with van der Waals surface area (Å²) in [4.78, 5) is 10.7. The van der Waals surface area contributed by atoms with Gasteiger partial charge < -0.3 is 0 Å². The maximum atomic E-state index is 10.7. The summed E-state index contributed by atoms with van der Waals surface area (Å²) in [7, 11) is 0. The number of hydrogen-bond acceptors (Lipinski definition) is 2. The van der Waals surface area contributed by atoms with Gasteiger partial charge in [-0.25, -0.2) is 5.10 Å². The third kappa shape index (κ3) is 1.44. The second kappa shape index (κ2) is 2.96.